The average Bonchev–Trinajstić information content (AvgIpc) is 3.39. The van der Waals surface area contributed by atoms with Crippen LogP contribution in [-0.4, -0.2) is 36.4 Å². The Morgan fingerprint density at radius 2 is 0.548 bits per heavy atom. The van der Waals surface area contributed by atoms with Crippen molar-refractivity contribution >= 4 is 11.9 Å². The summed E-state index contributed by atoms with van der Waals surface area (Å²) in [7, 11) is 0. The Hall–Kier alpha value is -1.88. The maximum absolute atomic E-state index is 12.3. The second-order valence-corrected chi connectivity index (χ2v) is 22.6. The second kappa shape index (κ2) is 64.4. The number of carbonyl (C=O) groups is 2. The zero-order valence-electron chi connectivity index (χ0n) is 49.4. The maximum atomic E-state index is 12.3. The van der Waals surface area contributed by atoms with Crippen molar-refractivity contribution in [2.75, 3.05) is 13.2 Å². The summed E-state index contributed by atoms with van der Waals surface area (Å²) in [6.45, 7) is 4.17. The van der Waals surface area contributed by atoms with Gasteiger partial charge in [0.2, 0.25) is 0 Å². The number of unbranched alkanes of at least 4 members (excludes halogenated alkanes) is 48. The molecule has 5 nitrogen and oxygen atoms in total. The first-order valence-corrected chi connectivity index (χ1v) is 33.0. The van der Waals surface area contributed by atoms with Crippen molar-refractivity contribution < 1.29 is 24.2 Å². The van der Waals surface area contributed by atoms with Gasteiger partial charge in [0, 0.05) is 12.8 Å². The van der Waals surface area contributed by atoms with Crippen molar-refractivity contribution in [1.82, 2.24) is 0 Å². The Balaban J connectivity index is 3.38. The molecule has 0 amide bonds. The summed E-state index contributed by atoms with van der Waals surface area (Å²) >= 11 is 0. The van der Waals surface area contributed by atoms with Gasteiger partial charge in [-0.05, 0) is 51.4 Å². The van der Waals surface area contributed by atoms with Gasteiger partial charge in [-0.25, -0.2) is 0 Å². The summed E-state index contributed by atoms with van der Waals surface area (Å²) in [6, 6.07) is 0. The van der Waals surface area contributed by atoms with E-state index in [0.29, 0.717) is 12.8 Å². The Morgan fingerprint density at radius 3 is 0.822 bits per heavy atom. The number of carbonyl (C=O) groups excluding carboxylic acids is 2. The Morgan fingerprint density at radius 1 is 0.315 bits per heavy atom. The standard InChI is InChI=1S/C68H128O5/c1-3-5-7-9-11-13-15-17-19-21-23-25-26-27-28-29-30-31-32-33-34-35-36-37-38-39-40-41-43-44-46-48-50-52-54-56-58-60-62-67(70)72-65-66(64-69)73-68(71)63-61-59-57-55-53-51-49-47-45-42-24-22-20-18-16-14-12-10-8-6-4-2/h16,18,22,24,45,47,66,69H,3-15,17,19-21,23,25-44,46,48-65H2,1-2H3/b18-16-,24-22-,47-45-. The highest BCUT2D eigenvalue weighted by Crippen LogP contribution is 2.19. The molecule has 1 atom stereocenters. The van der Waals surface area contributed by atoms with Crippen molar-refractivity contribution in [3.05, 3.63) is 36.5 Å². The topological polar surface area (TPSA) is 72.8 Å². The van der Waals surface area contributed by atoms with Crippen LogP contribution in [0.15, 0.2) is 36.5 Å². The summed E-state index contributed by atoms with van der Waals surface area (Å²) in [6.07, 6.45) is 84.6. The van der Waals surface area contributed by atoms with Crippen LogP contribution in [-0.2, 0) is 19.1 Å². The van der Waals surface area contributed by atoms with Crippen LogP contribution in [0.25, 0.3) is 0 Å². The fourth-order valence-corrected chi connectivity index (χ4v) is 10.2. The van der Waals surface area contributed by atoms with Gasteiger partial charge in [-0.1, -0.05) is 339 Å². The summed E-state index contributed by atoms with van der Waals surface area (Å²) in [5, 5.41) is 9.67. The van der Waals surface area contributed by atoms with Crippen LogP contribution in [0.1, 0.15) is 367 Å². The molecule has 0 aromatic heterocycles. The number of rotatable bonds is 62. The van der Waals surface area contributed by atoms with Crippen molar-refractivity contribution in [2.45, 2.75) is 373 Å². The molecule has 0 saturated heterocycles. The summed E-state index contributed by atoms with van der Waals surface area (Å²) in [5.74, 6) is -0.588. The lowest BCUT2D eigenvalue weighted by Gasteiger charge is -2.15. The normalized spacial score (nSPS) is 12.3. The highest BCUT2D eigenvalue weighted by atomic mass is 16.6. The molecule has 0 heterocycles. The molecular formula is C68H128O5. The lowest BCUT2D eigenvalue weighted by Crippen LogP contribution is -2.28. The Labute approximate surface area is 456 Å². The third-order valence-corrected chi connectivity index (χ3v) is 15.2. The molecule has 0 fully saturated rings. The summed E-state index contributed by atoms with van der Waals surface area (Å²) < 4.78 is 10.7. The Kier molecular flexibility index (Phi) is 62.7. The third-order valence-electron chi connectivity index (χ3n) is 15.2. The zero-order chi connectivity index (χ0) is 52.7. The van der Waals surface area contributed by atoms with E-state index in [2.05, 4.69) is 50.3 Å². The number of esters is 2. The minimum Gasteiger partial charge on any atom is -0.462 e. The maximum Gasteiger partial charge on any atom is 0.306 e. The molecule has 0 aromatic carbocycles. The molecule has 5 heteroatoms. The number of hydrogen-bond acceptors (Lipinski definition) is 5. The first kappa shape index (κ1) is 71.1. The van der Waals surface area contributed by atoms with E-state index in [1.54, 1.807) is 0 Å². The van der Waals surface area contributed by atoms with Gasteiger partial charge in [0.25, 0.3) is 0 Å². The monoisotopic (exact) mass is 1020 g/mol. The van der Waals surface area contributed by atoms with Gasteiger partial charge in [-0.3, -0.25) is 9.59 Å². The van der Waals surface area contributed by atoms with Gasteiger partial charge < -0.3 is 14.6 Å². The van der Waals surface area contributed by atoms with Gasteiger partial charge in [0.15, 0.2) is 6.10 Å². The van der Waals surface area contributed by atoms with Gasteiger partial charge in [-0.2, -0.15) is 0 Å². The quantitative estimate of drug-likeness (QED) is 0.0373. The summed E-state index contributed by atoms with van der Waals surface area (Å²) in [5.41, 5.74) is 0. The van der Waals surface area contributed by atoms with Crippen LogP contribution in [0.2, 0.25) is 0 Å². The molecule has 0 saturated carbocycles. The van der Waals surface area contributed by atoms with Crippen molar-refractivity contribution in [3.63, 3.8) is 0 Å². The van der Waals surface area contributed by atoms with Crippen LogP contribution in [0, 0.1) is 0 Å². The van der Waals surface area contributed by atoms with Gasteiger partial charge in [0.05, 0.1) is 6.61 Å². The van der Waals surface area contributed by atoms with Crippen molar-refractivity contribution in [2.24, 2.45) is 0 Å². The van der Waals surface area contributed by atoms with Gasteiger partial charge in [-0.15, -0.1) is 0 Å². The molecule has 1 N–H and O–H groups in total. The smallest absolute Gasteiger partial charge is 0.306 e. The van der Waals surface area contributed by atoms with Crippen molar-refractivity contribution in [1.29, 1.82) is 0 Å². The molecule has 0 radical (unpaired) electrons. The number of aliphatic hydroxyl groups is 1. The first-order valence-electron chi connectivity index (χ1n) is 33.0. The number of hydrogen-bond donors (Lipinski definition) is 1. The minimum absolute atomic E-state index is 0.0673. The van der Waals surface area contributed by atoms with E-state index in [-0.39, 0.29) is 25.2 Å². The molecule has 0 bridgehead atoms. The largest absolute Gasteiger partial charge is 0.462 e. The predicted molar refractivity (Wildman–Crippen MR) is 321 cm³/mol. The minimum atomic E-state index is -0.778. The summed E-state index contributed by atoms with van der Waals surface area (Å²) in [4.78, 5) is 24.6. The molecule has 1 unspecified atom stereocenters. The molecule has 0 aromatic rings. The van der Waals surface area contributed by atoms with Crippen LogP contribution < -0.4 is 0 Å². The second-order valence-electron chi connectivity index (χ2n) is 22.6. The molecule has 0 aliphatic heterocycles. The lowest BCUT2D eigenvalue weighted by molar-refractivity contribution is -0.161. The van der Waals surface area contributed by atoms with E-state index in [4.69, 9.17) is 9.47 Å². The highest BCUT2D eigenvalue weighted by Gasteiger charge is 2.16. The van der Waals surface area contributed by atoms with Crippen molar-refractivity contribution in [3.8, 4) is 0 Å². The molecule has 0 rings (SSSR count). The SMILES string of the molecule is CCCCCCC/C=C\C/C=C\C/C=C\CCCCCCCCC(=O)OC(CO)COC(=O)CCCCCCCCCCCCCCCCCCCCCCCCCCCCCCCCCCCCCCCC. The molecule has 0 spiro atoms. The Bertz CT molecular complexity index is 1160. The first-order chi connectivity index (χ1) is 36.1. The van der Waals surface area contributed by atoms with Crippen LogP contribution in [0.4, 0.5) is 0 Å². The van der Waals surface area contributed by atoms with Crippen LogP contribution in [0.3, 0.4) is 0 Å². The van der Waals surface area contributed by atoms with Crippen LogP contribution >= 0.6 is 0 Å². The van der Waals surface area contributed by atoms with E-state index in [1.807, 2.05) is 0 Å². The van der Waals surface area contributed by atoms with E-state index < -0.39 is 6.10 Å². The fraction of sp³-hybridized carbons (Fsp3) is 0.882. The van der Waals surface area contributed by atoms with E-state index in [1.165, 1.54) is 283 Å². The highest BCUT2D eigenvalue weighted by molar-refractivity contribution is 5.70. The molecule has 0 aliphatic rings. The number of ether oxygens (including phenoxy) is 2. The third kappa shape index (κ3) is 62.6. The fourth-order valence-electron chi connectivity index (χ4n) is 10.2. The molecule has 73 heavy (non-hydrogen) atoms. The molecule has 430 valence electrons. The van der Waals surface area contributed by atoms with E-state index in [0.717, 1.165) is 57.8 Å². The van der Waals surface area contributed by atoms with E-state index in [9.17, 15) is 14.7 Å². The molecular weight excluding hydrogens is 897 g/mol. The average molecular weight is 1030 g/mol. The predicted octanol–water partition coefficient (Wildman–Crippen LogP) is 22.6. The van der Waals surface area contributed by atoms with Crippen LogP contribution in [0.5, 0.6) is 0 Å². The van der Waals surface area contributed by atoms with Gasteiger partial charge >= 0.3 is 11.9 Å². The molecule has 0 aliphatic carbocycles. The zero-order valence-corrected chi connectivity index (χ0v) is 49.4. The number of aliphatic hydroxyl groups excluding tert-OH is 1. The number of allylic oxidation sites excluding steroid dienone is 6. The lowest BCUT2D eigenvalue weighted by atomic mass is 10.0. The van der Waals surface area contributed by atoms with E-state index >= 15 is 0 Å². The van der Waals surface area contributed by atoms with Gasteiger partial charge in [0.1, 0.15) is 6.61 Å².